The normalized spacial score (nSPS) is 21.9. The molecular weight excluding hydrogens is 354 g/mol. The van der Waals surface area contributed by atoms with Gasteiger partial charge in [0.1, 0.15) is 0 Å². The highest BCUT2D eigenvalue weighted by molar-refractivity contribution is 5.91. The van der Waals surface area contributed by atoms with Gasteiger partial charge in [-0.1, -0.05) is 35.5 Å². The number of hydrogen-bond acceptors (Lipinski definition) is 4. The van der Waals surface area contributed by atoms with E-state index in [0.717, 1.165) is 37.9 Å². The average molecular weight is 381 g/mol. The molecule has 1 spiro atoms. The molecule has 3 heterocycles. The lowest BCUT2D eigenvalue weighted by Gasteiger charge is -2.49. The van der Waals surface area contributed by atoms with Gasteiger partial charge in [-0.05, 0) is 44.1 Å². The summed E-state index contributed by atoms with van der Waals surface area (Å²) in [6.07, 6.45) is 2.66. The molecule has 6 heteroatoms. The van der Waals surface area contributed by atoms with Crippen LogP contribution < -0.4 is 0 Å². The van der Waals surface area contributed by atoms with E-state index in [9.17, 15) is 9.59 Å². The zero-order valence-corrected chi connectivity index (χ0v) is 16.6. The molecule has 0 saturated carbocycles. The van der Waals surface area contributed by atoms with E-state index in [1.807, 2.05) is 41.8 Å². The van der Waals surface area contributed by atoms with Crippen LogP contribution in [0.3, 0.4) is 0 Å². The quantitative estimate of drug-likeness (QED) is 0.819. The maximum Gasteiger partial charge on any atom is 0.292 e. The van der Waals surface area contributed by atoms with Gasteiger partial charge in [0.05, 0.1) is 11.6 Å². The summed E-state index contributed by atoms with van der Waals surface area (Å²) in [6.45, 7) is 6.74. The van der Waals surface area contributed by atoms with E-state index >= 15 is 0 Å². The second kappa shape index (κ2) is 7.41. The first-order valence-electron chi connectivity index (χ1n) is 10.1. The number of nitrogens with zero attached hydrogens (tertiary/aromatic N) is 3. The number of hydrogen-bond donors (Lipinski definition) is 0. The molecule has 2 saturated heterocycles. The van der Waals surface area contributed by atoms with Crippen molar-refractivity contribution in [3.63, 3.8) is 0 Å². The largest absolute Gasteiger partial charge is 0.351 e. The molecule has 0 aliphatic carbocycles. The molecule has 28 heavy (non-hydrogen) atoms. The van der Waals surface area contributed by atoms with Crippen molar-refractivity contribution >= 4 is 11.8 Å². The number of carbonyl (C=O) groups excluding carboxylic acids is 2. The van der Waals surface area contributed by atoms with E-state index in [1.165, 1.54) is 0 Å². The summed E-state index contributed by atoms with van der Waals surface area (Å²) in [7, 11) is 0. The third-order valence-corrected chi connectivity index (χ3v) is 6.31. The van der Waals surface area contributed by atoms with E-state index in [-0.39, 0.29) is 23.1 Å². The maximum absolute atomic E-state index is 13.0. The van der Waals surface area contributed by atoms with Crippen molar-refractivity contribution in [3.8, 4) is 0 Å². The van der Waals surface area contributed by atoms with Crippen LogP contribution >= 0.6 is 0 Å². The summed E-state index contributed by atoms with van der Waals surface area (Å²) in [4.78, 5) is 29.5. The van der Waals surface area contributed by atoms with Crippen LogP contribution in [0.4, 0.5) is 0 Å². The molecule has 4 rings (SSSR count). The van der Waals surface area contributed by atoms with Crippen molar-refractivity contribution < 1.29 is 14.1 Å². The van der Waals surface area contributed by atoms with E-state index < -0.39 is 0 Å². The smallest absolute Gasteiger partial charge is 0.292 e. The minimum atomic E-state index is -0.0888. The zero-order valence-electron chi connectivity index (χ0n) is 16.6. The number of aryl methyl sites for hydroxylation is 1. The molecular formula is C22H27N3O3. The van der Waals surface area contributed by atoms with Crippen molar-refractivity contribution in [2.45, 2.75) is 39.0 Å². The highest BCUT2D eigenvalue weighted by atomic mass is 16.5. The molecule has 0 N–H and O–H groups in total. The molecule has 2 aliphatic heterocycles. The van der Waals surface area contributed by atoms with Gasteiger partial charge in [0, 0.05) is 32.2 Å². The Morgan fingerprint density at radius 3 is 2.57 bits per heavy atom. The van der Waals surface area contributed by atoms with Crippen LogP contribution in [0.15, 0.2) is 40.9 Å². The Kier molecular flexibility index (Phi) is 4.96. The summed E-state index contributed by atoms with van der Waals surface area (Å²) >= 11 is 0. The number of benzene rings is 1. The SMILES string of the molecule is CCN1CC2(CCN(C(=O)c3cc(C)no3)CC2)C[C@H](c2ccccc2)C1=O. The molecule has 1 atom stereocenters. The number of carbonyl (C=O) groups is 2. The van der Waals surface area contributed by atoms with Gasteiger partial charge in [-0.3, -0.25) is 9.59 Å². The minimum Gasteiger partial charge on any atom is -0.351 e. The Morgan fingerprint density at radius 1 is 1.25 bits per heavy atom. The van der Waals surface area contributed by atoms with Crippen LogP contribution in [0, 0.1) is 12.3 Å². The van der Waals surface area contributed by atoms with Crippen molar-refractivity contribution in [3.05, 3.63) is 53.4 Å². The second-order valence-electron chi connectivity index (χ2n) is 8.14. The third kappa shape index (κ3) is 3.43. The summed E-state index contributed by atoms with van der Waals surface area (Å²) in [6, 6.07) is 11.8. The van der Waals surface area contributed by atoms with Gasteiger partial charge < -0.3 is 14.3 Å². The zero-order chi connectivity index (χ0) is 19.7. The number of piperidine rings is 2. The fourth-order valence-corrected chi connectivity index (χ4v) is 4.67. The summed E-state index contributed by atoms with van der Waals surface area (Å²) < 4.78 is 5.15. The van der Waals surface area contributed by atoms with E-state index in [1.54, 1.807) is 6.07 Å². The van der Waals surface area contributed by atoms with Gasteiger partial charge in [0.15, 0.2) is 0 Å². The van der Waals surface area contributed by atoms with Gasteiger partial charge in [-0.25, -0.2) is 0 Å². The molecule has 0 radical (unpaired) electrons. The third-order valence-electron chi connectivity index (χ3n) is 6.31. The number of rotatable bonds is 3. The van der Waals surface area contributed by atoms with E-state index in [2.05, 4.69) is 17.3 Å². The summed E-state index contributed by atoms with van der Waals surface area (Å²) in [5, 5.41) is 3.82. The molecule has 1 aromatic heterocycles. The standard InChI is InChI=1S/C22H27N3O3/c1-3-24-15-22(14-18(20(24)26)17-7-5-4-6-8-17)9-11-25(12-10-22)21(27)19-13-16(2)23-28-19/h4-8,13,18H,3,9-12,14-15H2,1-2H3/t18-/m1/s1. The molecule has 6 nitrogen and oxygen atoms in total. The first-order valence-corrected chi connectivity index (χ1v) is 10.1. The van der Waals surface area contributed by atoms with Crippen LogP contribution in [0.5, 0.6) is 0 Å². The van der Waals surface area contributed by atoms with Crippen LogP contribution in [0.2, 0.25) is 0 Å². The van der Waals surface area contributed by atoms with Crippen molar-refractivity contribution in [2.75, 3.05) is 26.2 Å². The predicted octanol–water partition coefficient (Wildman–Crippen LogP) is 3.24. The molecule has 2 amide bonds. The Morgan fingerprint density at radius 2 is 1.96 bits per heavy atom. The molecule has 0 bridgehead atoms. The van der Waals surface area contributed by atoms with Crippen LogP contribution in [0.1, 0.15) is 53.9 Å². The molecule has 0 unspecified atom stereocenters. The number of likely N-dealkylation sites (N-methyl/N-ethyl adjacent to an activating group) is 1. The topological polar surface area (TPSA) is 66.7 Å². The Labute approximate surface area is 165 Å². The fraction of sp³-hybridized carbons (Fsp3) is 0.500. The van der Waals surface area contributed by atoms with Crippen LogP contribution in [0.25, 0.3) is 0 Å². The number of aromatic nitrogens is 1. The van der Waals surface area contributed by atoms with Crippen molar-refractivity contribution in [1.82, 2.24) is 15.0 Å². The molecule has 1 aromatic carbocycles. The van der Waals surface area contributed by atoms with Gasteiger partial charge in [-0.15, -0.1) is 0 Å². The van der Waals surface area contributed by atoms with Crippen LogP contribution in [-0.4, -0.2) is 52.9 Å². The molecule has 2 aromatic rings. The van der Waals surface area contributed by atoms with Crippen molar-refractivity contribution in [1.29, 1.82) is 0 Å². The molecule has 2 fully saturated rings. The highest BCUT2D eigenvalue weighted by Gasteiger charge is 2.46. The number of amides is 2. The van der Waals surface area contributed by atoms with Crippen molar-refractivity contribution in [2.24, 2.45) is 5.41 Å². The van der Waals surface area contributed by atoms with Gasteiger partial charge in [0.2, 0.25) is 11.7 Å². The van der Waals surface area contributed by atoms with Gasteiger partial charge in [0.25, 0.3) is 5.91 Å². The lowest BCUT2D eigenvalue weighted by atomic mass is 9.67. The second-order valence-corrected chi connectivity index (χ2v) is 8.14. The first kappa shape index (κ1) is 18.7. The summed E-state index contributed by atoms with van der Waals surface area (Å²) in [5.74, 6) is 0.364. The van der Waals surface area contributed by atoms with E-state index in [4.69, 9.17) is 4.52 Å². The van der Waals surface area contributed by atoms with Crippen LogP contribution in [-0.2, 0) is 4.79 Å². The highest BCUT2D eigenvalue weighted by Crippen LogP contribution is 2.45. The Balaban J connectivity index is 1.50. The summed E-state index contributed by atoms with van der Waals surface area (Å²) in [5.41, 5.74) is 1.88. The first-order chi connectivity index (χ1) is 13.5. The van der Waals surface area contributed by atoms with E-state index in [0.29, 0.717) is 24.5 Å². The van der Waals surface area contributed by atoms with Gasteiger partial charge in [-0.2, -0.15) is 0 Å². The lowest BCUT2D eigenvalue weighted by molar-refractivity contribution is -0.141. The molecule has 2 aliphatic rings. The lowest BCUT2D eigenvalue weighted by Crippen LogP contribution is -2.54. The number of likely N-dealkylation sites (tertiary alicyclic amines) is 2. The fourth-order valence-electron chi connectivity index (χ4n) is 4.67. The monoisotopic (exact) mass is 381 g/mol. The Bertz CT molecular complexity index is 853. The van der Waals surface area contributed by atoms with Gasteiger partial charge >= 0.3 is 0 Å². The molecule has 148 valence electrons. The Hall–Kier alpha value is -2.63. The average Bonchev–Trinajstić information content (AvgIpc) is 3.17. The predicted molar refractivity (Wildman–Crippen MR) is 105 cm³/mol. The minimum absolute atomic E-state index is 0.0680. The maximum atomic E-state index is 13.0.